The van der Waals surface area contributed by atoms with Crippen LogP contribution in [0.5, 0.6) is 0 Å². The van der Waals surface area contributed by atoms with Crippen LogP contribution in [0, 0.1) is 20.8 Å². The van der Waals surface area contributed by atoms with Gasteiger partial charge < -0.3 is 5.32 Å². The van der Waals surface area contributed by atoms with E-state index in [0.717, 1.165) is 33.8 Å². The van der Waals surface area contributed by atoms with E-state index in [0.29, 0.717) is 6.54 Å². The number of thiophene rings is 1. The van der Waals surface area contributed by atoms with Crippen molar-refractivity contribution in [1.29, 1.82) is 0 Å². The fourth-order valence-electron chi connectivity index (χ4n) is 2.52. The van der Waals surface area contributed by atoms with Gasteiger partial charge in [0.05, 0.1) is 15.6 Å². The molecule has 2 heterocycles. The molecule has 0 atom stereocenters. The molecule has 0 aliphatic carbocycles. The maximum Gasteiger partial charge on any atom is 0.251 e. The van der Waals surface area contributed by atoms with Gasteiger partial charge in [0.1, 0.15) is 0 Å². The number of hydrogen-bond donors (Lipinski definition) is 1. The second kappa shape index (κ2) is 7.28. The lowest BCUT2D eigenvalue weighted by Crippen LogP contribution is -2.26. The Hall–Kier alpha value is -1.98. The Morgan fingerprint density at radius 2 is 2.00 bits per heavy atom. The summed E-state index contributed by atoms with van der Waals surface area (Å²) in [5.41, 5.74) is 4.00. The van der Waals surface area contributed by atoms with Gasteiger partial charge >= 0.3 is 0 Å². The average Bonchev–Trinajstić information content (AvgIpc) is 3.19. The molecule has 2 aromatic heterocycles. The van der Waals surface area contributed by atoms with Crippen LogP contribution in [0.2, 0.25) is 0 Å². The minimum absolute atomic E-state index is 0.00288. The lowest BCUT2D eigenvalue weighted by Gasteiger charge is -2.09. The Morgan fingerprint density at radius 3 is 2.75 bits per heavy atom. The number of rotatable bonds is 5. The molecule has 1 N–H and O–H groups in total. The molecule has 3 nitrogen and oxygen atoms in total. The summed E-state index contributed by atoms with van der Waals surface area (Å²) in [6.07, 6.45) is 0.838. The molecule has 0 unspecified atom stereocenters. The molecule has 124 valence electrons. The van der Waals surface area contributed by atoms with Crippen LogP contribution in [-0.2, 0) is 6.42 Å². The van der Waals surface area contributed by atoms with E-state index in [9.17, 15) is 4.79 Å². The van der Waals surface area contributed by atoms with Crippen LogP contribution in [0.3, 0.4) is 0 Å². The molecule has 0 fully saturated rings. The first kappa shape index (κ1) is 16.9. The molecular formula is C19H20N2OS2. The van der Waals surface area contributed by atoms with Crippen molar-refractivity contribution >= 4 is 28.6 Å². The van der Waals surface area contributed by atoms with Gasteiger partial charge in [-0.05, 0) is 56.5 Å². The van der Waals surface area contributed by atoms with Crippen molar-refractivity contribution in [2.75, 3.05) is 6.54 Å². The zero-order valence-corrected chi connectivity index (χ0v) is 15.7. The third kappa shape index (κ3) is 3.74. The number of aryl methyl sites for hydroxylation is 2. The van der Waals surface area contributed by atoms with E-state index in [1.165, 1.54) is 9.75 Å². The van der Waals surface area contributed by atoms with E-state index in [-0.39, 0.29) is 5.91 Å². The van der Waals surface area contributed by atoms with Gasteiger partial charge in [0.15, 0.2) is 0 Å². The maximum atomic E-state index is 12.3. The minimum atomic E-state index is 0.00288. The largest absolute Gasteiger partial charge is 0.352 e. The van der Waals surface area contributed by atoms with Crippen molar-refractivity contribution in [3.05, 3.63) is 62.3 Å². The Bertz CT molecular complexity index is 864. The molecule has 0 saturated carbocycles. The van der Waals surface area contributed by atoms with Crippen molar-refractivity contribution in [2.45, 2.75) is 27.2 Å². The monoisotopic (exact) mass is 356 g/mol. The van der Waals surface area contributed by atoms with Crippen LogP contribution in [-0.4, -0.2) is 17.4 Å². The number of benzene rings is 1. The number of amides is 1. The van der Waals surface area contributed by atoms with Crippen molar-refractivity contribution in [3.63, 3.8) is 0 Å². The van der Waals surface area contributed by atoms with Gasteiger partial charge in [0, 0.05) is 22.4 Å². The quantitative estimate of drug-likeness (QED) is 0.715. The second-order valence-electron chi connectivity index (χ2n) is 5.77. The van der Waals surface area contributed by atoms with Gasteiger partial charge in [-0.15, -0.1) is 22.7 Å². The molecule has 0 radical (unpaired) electrons. The summed E-state index contributed by atoms with van der Waals surface area (Å²) < 4.78 is 0. The molecule has 0 spiro atoms. The summed E-state index contributed by atoms with van der Waals surface area (Å²) in [5.74, 6) is 0.00288. The summed E-state index contributed by atoms with van der Waals surface area (Å²) >= 11 is 3.41. The van der Waals surface area contributed by atoms with Crippen molar-refractivity contribution in [2.24, 2.45) is 0 Å². The van der Waals surface area contributed by atoms with E-state index in [1.54, 1.807) is 22.7 Å². The van der Waals surface area contributed by atoms with E-state index in [4.69, 9.17) is 0 Å². The number of carbonyl (C=O) groups excluding carboxylic acids is 1. The molecule has 0 bridgehead atoms. The van der Waals surface area contributed by atoms with Crippen molar-refractivity contribution in [3.8, 4) is 10.6 Å². The highest BCUT2D eigenvalue weighted by molar-refractivity contribution is 7.16. The number of nitrogens with zero attached hydrogens (tertiary/aromatic N) is 1. The van der Waals surface area contributed by atoms with Gasteiger partial charge in [0.2, 0.25) is 0 Å². The Balaban J connectivity index is 1.58. The van der Waals surface area contributed by atoms with Gasteiger partial charge in [-0.2, -0.15) is 0 Å². The number of nitrogens with one attached hydrogen (secondary N) is 1. The smallest absolute Gasteiger partial charge is 0.251 e. The van der Waals surface area contributed by atoms with E-state index in [2.05, 4.69) is 27.8 Å². The van der Waals surface area contributed by atoms with Crippen molar-refractivity contribution in [1.82, 2.24) is 10.3 Å². The molecule has 1 aromatic carbocycles. The van der Waals surface area contributed by atoms with Crippen LogP contribution in [0.15, 0.2) is 35.7 Å². The maximum absolute atomic E-state index is 12.3. The highest BCUT2D eigenvalue weighted by atomic mass is 32.1. The normalized spacial score (nSPS) is 10.8. The SMILES string of the molecule is Cc1nc(-c2ccc(CCNC(=O)c3cccc(C)c3C)s2)cs1. The molecule has 5 heteroatoms. The predicted molar refractivity (Wildman–Crippen MR) is 102 cm³/mol. The lowest BCUT2D eigenvalue weighted by atomic mass is 10.0. The zero-order valence-electron chi connectivity index (χ0n) is 14.1. The van der Waals surface area contributed by atoms with E-state index < -0.39 is 0 Å². The molecule has 3 aromatic rings. The Morgan fingerprint density at radius 1 is 1.17 bits per heavy atom. The summed E-state index contributed by atoms with van der Waals surface area (Å²) in [5, 5.41) is 6.20. The van der Waals surface area contributed by atoms with E-state index >= 15 is 0 Å². The summed E-state index contributed by atoms with van der Waals surface area (Å²) in [7, 11) is 0. The van der Waals surface area contributed by atoms with Gasteiger partial charge in [-0.25, -0.2) is 4.98 Å². The van der Waals surface area contributed by atoms with Gasteiger partial charge in [-0.3, -0.25) is 4.79 Å². The summed E-state index contributed by atoms with van der Waals surface area (Å²) in [6, 6.07) is 10.1. The van der Waals surface area contributed by atoms with Crippen LogP contribution in [0.1, 0.15) is 31.4 Å². The molecule has 0 aliphatic heterocycles. The Kier molecular flexibility index (Phi) is 5.11. The van der Waals surface area contributed by atoms with Crippen LogP contribution in [0.4, 0.5) is 0 Å². The average molecular weight is 357 g/mol. The first-order valence-corrected chi connectivity index (χ1v) is 9.60. The third-order valence-corrected chi connectivity index (χ3v) is 5.98. The number of aromatic nitrogens is 1. The highest BCUT2D eigenvalue weighted by Crippen LogP contribution is 2.29. The third-order valence-electron chi connectivity index (χ3n) is 4.04. The zero-order chi connectivity index (χ0) is 17.1. The molecule has 0 saturated heterocycles. The van der Waals surface area contributed by atoms with Crippen LogP contribution in [0.25, 0.3) is 10.6 Å². The lowest BCUT2D eigenvalue weighted by molar-refractivity contribution is 0.0953. The van der Waals surface area contributed by atoms with Gasteiger partial charge in [-0.1, -0.05) is 12.1 Å². The van der Waals surface area contributed by atoms with Crippen LogP contribution >= 0.6 is 22.7 Å². The molecule has 3 rings (SSSR count). The fraction of sp³-hybridized carbons (Fsp3) is 0.263. The minimum Gasteiger partial charge on any atom is -0.352 e. The molecule has 0 aliphatic rings. The molecule has 24 heavy (non-hydrogen) atoms. The summed E-state index contributed by atoms with van der Waals surface area (Å²) in [6.45, 7) is 6.68. The summed E-state index contributed by atoms with van der Waals surface area (Å²) in [4.78, 5) is 19.3. The van der Waals surface area contributed by atoms with E-state index in [1.807, 2.05) is 39.0 Å². The standard InChI is InChI=1S/C19H20N2OS2/c1-12-5-4-6-16(13(12)2)19(22)20-10-9-15-7-8-18(24-15)17-11-23-14(3)21-17/h4-8,11H,9-10H2,1-3H3,(H,20,22). The number of thiazole rings is 1. The first-order valence-electron chi connectivity index (χ1n) is 7.90. The highest BCUT2D eigenvalue weighted by Gasteiger charge is 2.10. The number of carbonyl (C=O) groups is 1. The molecule has 1 amide bonds. The number of hydrogen-bond acceptors (Lipinski definition) is 4. The van der Waals surface area contributed by atoms with Crippen LogP contribution < -0.4 is 5.32 Å². The van der Waals surface area contributed by atoms with Gasteiger partial charge in [0.25, 0.3) is 5.91 Å². The first-order chi connectivity index (χ1) is 11.5. The van der Waals surface area contributed by atoms with Crippen molar-refractivity contribution < 1.29 is 4.79 Å². The predicted octanol–water partition coefficient (Wildman–Crippen LogP) is 4.77. The second-order valence-corrected chi connectivity index (χ2v) is 8.00. The Labute approximate surface area is 150 Å². The molecular weight excluding hydrogens is 336 g/mol. The topological polar surface area (TPSA) is 42.0 Å². The fourth-order valence-corrected chi connectivity index (χ4v) is 4.17.